The number of nitrogens with zero attached hydrogens (tertiary/aromatic N) is 2. The van der Waals surface area contributed by atoms with Crippen molar-refractivity contribution < 1.29 is 4.79 Å². The molecule has 1 atom stereocenters. The quantitative estimate of drug-likeness (QED) is 0.656. The zero-order chi connectivity index (χ0) is 16.4. The summed E-state index contributed by atoms with van der Waals surface area (Å²) in [7, 11) is 0. The molecule has 4 rings (SSSR count). The van der Waals surface area contributed by atoms with E-state index >= 15 is 0 Å². The summed E-state index contributed by atoms with van der Waals surface area (Å²) in [6.45, 7) is 0.864. The van der Waals surface area contributed by atoms with E-state index in [9.17, 15) is 4.79 Å². The summed E-state index contributed by atoms with van der Waals surface area (Å²) >= 11 is 3.43. The van der Waals surface area contributed by atoms with Gasteiger partial charge in [-0.05, 0) is 60.2 Å². The molecule has 24 heavy (non-hydrogen) atoms. The SMILES string of the molecule is O=C(CCc1ccsc1)N1CCCC[C@@H]1c1nc2ccccc2s1. The van der Waals surface area contributed by atoms with Gasteiger partial charge in [0.05, 0.1) is 16.3 Å². The van der Waals surface area contributed by atoms with Crippen molar-refractivity contribution in [3.05, 3.63) is 51.7 Å². The molecule has 124 valence electrons. The molecule has 1 aromatic carbocycles. The standard InChI is InChI=1S/C19H20N2OS2/c22-18(9-8-14-10-12-23-13-14)21-11-4-3-6-16(21)19-20-15-5-1-2-7-17(15)24-19/h1-2,5,7,10,12-13,16H,3-4,6,8-9,11H2/t16-/m1/s1. The van der Waals surface area contributed by atoms with Gasteiger partial charge < -0.3 is 4.90 Å². The van der Waals surface area contributed by atoms with E-state index in [-0.39, 0.29) is 11.9 Å². The zero-order valence-electron chi connectivity index (χ0n) is 13.5. The lowest BCUT2D eigenvalue weighted by Crippen LogP contribution is -2.38. The number of para-hydroxylation sites is 1. The Kier molecular flexibility index (Phi) is 4.63. The van der Waals surface area contributed by atoms with Crippen LogP contribution < -0.4 is 0 Å². The normalized spacial score (nSPS) is 18.2. The number of likely N-dealkylation sites (tertiary alicyclic amines) is 1. The van der Waals surface area contributed by atoms with Gasteiger partial charge in [0.1, 0.15) is 5.01 Å². The van der Waals surface area contributed by atoms with Gasteiger partial charge >= 0.3 is 0 Å². The summed E-state index contributed by atoms with van der Waals surface area (Å²) in [5.74, 6) is 0.269. The second kappa shape index (κ2) is 7.03. The van der Waals surface area contributed by atoms with Crippen LogP contribution in [0.25, 0.3) is 10.2 Å². The zero-order valence-corrected chi connectivity index (χ0v) is 15.1. The third-order valence-electron chi connectivity index (χ3n) is 4.63. The number of fused-ring (bicyclic) bond motifs is 1. The highest BCUT2D eigenvalue weighted by Gasteiger charge is 2.29. The molecule has 0 radical (unpaired) electrons. The van der Waals surface area contributed by atoms with E-state index in [1.807, 2.05) is 6.07 Å². The number of aryl methyl sites for hydroxylation is 1. The second-order valence-corrected chi connectivity index (χ2v) is 8.09. The van der Waals surface area contributed by atoms with Crippen molar-refractivity contribution in [2.75, 3.05) is 6.54 Å². The number of hydrogen-bond acceptors (Lipinski definition) is 4. The summed E-state index contributed by atoms with van der Waals surface area (Å²) in [5.41, 5.74) is 2.32. The average Bonchev–Trinajstić information content (AvgIpc) is 3.29. The molecule has 0 spiro atoms. The van der Waals surface area contributed by atoms with Crippen molar-refractivity contribution in [2.24, 2.45) is 0 Å². The van der Waals surface area contributed by atoms with Gasteiger partial charge in [0.2, 0.25) is 5.91 Å². The third-order valence-corrected chi connectivity index (χ3v) is 6.50. The molecular formula is C19H20N2OS2. The van der Waals surface area contributed by atoms with Crippen LogP contribution in [0.3, 0.4) is 0 Å². The minimum atomic E-state index is 0.158. The highest BCUT2D eigenvalue weighted by Crippen LogP contribution is 2.36. The second-order valence-electron chi connectivity index (χ2n) is 6.25. The van der Waals surface area contributed by atoms with Gasteiger partial charge in [-0.2, -0.15) is 11.3 Å². The molecule has 0 N–H and O–H groups in total. The fourth-order valence-electron chi connectivity index (χ4n) is 3.35. The Morgan fingerprint density at radius 3 is 3.00 bits per heavy atom. The van der Waals surface area contributed by atoms with Gasteiger partial charge in [-0.1, -0.05) is 12.1 Å². The first-order valence-electron chi connectivity index (χ1n) is 8.47. The third kappa shape index (κ3) is 3.23. The van der Waals surface area contributed by atoms with E-state index in [2.05, 4.69) is 39.9 Å². The van der Waals surface area contributed by atoms with Crippen molar-refractivity contribution in [1.29, 1.82) is 0 Å². The first-order chi connectivity index (χ1) is 11.8. The van der Waals surface area contributed by atoms with Gasteiger partial charge in [-0.3, -0.25) is 4.79 Å². The molecule has 0 unspecified atom stereocenters. The number of benzene rings is 1. The fraction of sp³-hybridized carbons (Fsp3) is 0.368. The fourth-order valence-corrected chi connectivity index (χ4v) is 5.17. The molecule has 0 aliphatic carbocycles. The number of hydrogen-bond donors (Lipinski definition) is 0. The molecule has 0 saturated carbocycles. The van der Waals surface area contributed by atoms with E-state index in [4.69, 9.17) is 4.98 Å². The number of piperidine rings is 1. The van der Waals surface area contributed by atoms with Crippen LogP contribution in [0.1, 0.15) is 42.3 Å². The molecule has 3 aromatic rings. The Hall–Kier alpha value is -1.72. The van der Waals surface area contributed by atoms with Gasteiger partial charge in [-0.25, -0.2) is 4.98 Å². The number of thiazole rings is 1. The average molecular weight is 357 g/mol. The largest absolute Gasteiger partial charge is 0.333 e. The molecule has 3 heterocycles. The van der Waals surface area contributed by atoms with Gasteiger partial charge in [0.25, 0.3) is 0 Å². The minimum absolute atomic E-state index is 0.158. The van der Waals surface area contributed by atoms with E-state index in [0.29, 0.717) is 6.42 Å². The lowest BCUT2D eigenvalue weighted by molar-refractivity contribution is -0.135. The van der Waals surface area contributed by atoms with Crippen LogP contribution in [0, 0.1) is 0 Å². The van der Waals surface area contributed by atoms with E-state index in [1.165, 1.54) is 16.7 Å². The molecule has 1 saturated heterocycles. The van der Waals surface area contributed by atoms with Crippen LogP contribution in [0.4, 0.5) is 0 Å². The molecule has 2 aromatic heterocycles. The van der Waals surface area contributed by atoms with Crippen LogP contribution in [0.15, 0.2) is 41.1 Å². The Morgan fingerprint density at radius 1 is 1.25 bits per heavy atom. The van der Waals surface area contributed by atoms with Crippen molar-refractivity contribution in [2.45, 2.75) is 38.1 Å². The predicted molar refractivity (Wildman–Crippen MR) is 101 cm³/mol. The molecule has 1 aliphatic rings. The van der Waals surface area contributed by atoms with Gasteiger partial charge in [0, 0.05) is 13.0 Å². The number of carbonyl (C=O) groups excluding carboxylic acids is 1. The van der Waals surface area contributed by atoms with Crippen LogP contribution in [0.5, 0.6) is 0 Å². The minimum Gasteiger partial charge on any atom is -0.333 e. The Balaban J connectivity index is 1.52. The summed E-state index contributed by atoms with van der Waals surface area (Å²) in [6, 6.07) is 10.5. The maximum atomic E-state index is 12.8. The lowest BCUT2D eigenvalue weighted by atomic mass is 10.0. The maximum Gasteiger partial charge on any atom is 0.223 e. The highest BCUT2D eigenvalue weighted by atomic mass is 32.1. The molecule has 5 heteroatoms. The van der Waals surface area contributed by atoms with Gasteiger partial charge in [-0.15, -0.1) is 11.3 Å². The molecule has 1 aliphatic heterocycles. The van der Waals surface area contributed by atoms with Crippen LogP contribution in [0.2, 0.25) is 0 Å². The number of amides is 1. The monoisotopic (exact) mass is 356 g/mol. The molecular weight excluding hydrogens is 336 g/mol. The maximum absolute atomic E-state index is 12.8. The highest BCUT2D eigenvalue weighted by molar-refractivity contribution is 7.18. The number of thiophene rings is 1. The Morgan fingerprint density at radius 2 is 2.17 bits per heavy atom. The number of aromatic nitrogens is 1. The van der Waals surface area contributed by atoms with Gasteiger partial charge in [0.15, 0.2) is 0 Å². The Labute approximate surface area is 150 Å². The molecule has 1 amide bonds. The van der Waals surface area contributed by atoms with Crippen LogP contribution >= 0.6 is 22.7 Å². The van der Waals surface area contributed by atoms with E-state index in [1.54, 1.807) is 22.7 Å². The molecule has 1 fully saturated rings. The first kappa shape index (κ1) is 15.8. The number of rotatable bonds is 4. The number of carbonyl (C=O) groups is 1. The summed E-state index contributed by atoms with van der Waals surface area (Å²) in [5, 5.41) is 5.30. The van der Waals surface area contributed by atoms with E-state index < -0.39 is 0 Å². The smallest absolute Gasteiger partial charge is 0.223 e. The summed E-state index contributed by atoms with van der Waals surface area (Å²) in [6.07, 6.45) is 4.74. The summed E-state index contributed by atoms with van der Waals surface area (Å²) < 4.78 is 1.21. The molecule has 3 nitrogen and oxygen atoms in total. The van der Waals surface area contributed by atoms with Crippen molar-refractivity contribution in [3.63, 3.8) is 0 Å². The van der Waals surface area contributed by atoms with Crippen LogP contribution in [-0.4, -0.2) is 22.3 Å². The Bertz CT molecular complexity index is 792. The van der Waals surface area contributed by atoms with Crippen molar-refractivity contribution >= 4 is 38.8 Å². The molecule has 0 bridgehead atoms. The topological polar surface area (TPSA) is 33.2 Å². The lowest BCUT2D eigenvalue weighted by Gasteiger charge is -2.34. The predicted octanol–water partition coefficient (Wildman–Crippen LogP) is 5.04. The van der Waals surface area contributed by atoms with E-state index in [0.717, 1.165) is 36.3 Å². The van der Waals surface area contributed by atoms with Crippen molar-refractivity contribution in [3.8, 4) is 0 Å². The first-order valence-corrected chi connectivity index (χ1v) is 10.2. The van der Waals surface area contributed by atoms with Crippen LogP contribution in [-0.2, 0) is 11.2 Å². The summed E-state index contributed by atoms with van der Waals surface area (Å²) in [4.78, 5) is 19.7. The van der Waals surface area contributed by atoms with Crippen molar-refractivity contribution in [1.82, 2.24) is 9.88 Å².